The van der Waals surface area contributed by atoms with Crippen molar-refractivity contribution >= 4 is 29.1 Å². The minimum absolute atomic E-state index is 0.190. The molecule has 2 aliphatic rings. The van der Waals surface area contributed by atoms with Crippen molar-refractivity contribution in [3.63, 3.8) is 0 Å². The summed E-state index contributed by atoms with van der Waals surface area (Å²) in [5, 5.41) is 3.50. The Hall–Kier alpha value is -2.97. The van der Waals surface area contributed by atoms with Gasteiger partial charge < -0.3 is 19.5 Å². The van der Waals surface area contributed by atoms with Gasteiger partial charge in [-0.25, -0.2) is 15.0 Å². The molecule has 3 aromatic rings. The van der Waals surface area contributed by atoms with Gasteiger partial charge in [0.05, 0.1) is 6.54 Å². The van der Waals surface area contributed by atoms with E-state index in [-0.39, 0.29) is 5.91 Å². The Kier molecular flexibility index (Phi) is 5.11. The van der Waals surface area contributed by atoms with Crippen LogP contribution in [-0.2, 0) is 21.7 Å². The van der Waals surface area contributed by atoms with Crippen LogP contribution in [0.2, 0.25) is 5.02 Å². The van der Waals surface area contributed by atoms with Gasteiger partial charge in [-0.2, -0.15) is 0 Å². The van der Waals surface area contributed by atoms with Gasteiger partial charge in [-0.3, -0.25) is 4.79 Å². The van der Waals surface area contributed by atoms with E-state index in [0.29, 0.717) is 30.1 Å². The van der Waals surface area contributed by atoms with Crippen molar-refractivity contribution in [3.05, 3.63) is 65.5 Å². The molecule has 9 heteroatoms. The molecule has 31 heavy (non-hydrogen) atoms. The lowest BCUT2D eigenvalue weighted by molar-refractivity contribution is -0.162. The van der Waals surface area contributed by atoms with Crippen molar-refractivity contribution in [2.75, 3.05) is 23.3 Å². The Bertz CT molecular complexity index is 1090. The number of hydrogen-bond donors (Lipinski definition) is 1. The molecule has 0 unspecified atom stereocenters. The number of piperidine rings is 1. The molecular weight excluding hydrogens is 416 g/mol. The zero-order valence-electron chi connectivity index (χ0n) is 17.2. The van der Waals surface area contributed by atoms with Crippen LogP contribution in [0, 0.1) is 6.92 Å². The molecule has 1 fully saturated rings. The Morgan fingerprint density at radius 3 is 2.74 bits per heavy atom. The van der Waals surface area contributed by atoms with Crippen LogP contribution in [0.25, 0.3) is 0 Å². The lowest BCUT2D eigenvalue weighted by Gasteiger charge is -2.45. The second kappa shape index (κ2) is 7.94. The summed E-state index contributed by atoms with van der Waals surface area (Å²) >= 11 is 6.05. The minimum Gasteiger partial charge on any atom is -0.352 e. The summed E-state index contributed by atoms with van der Waals surface area (Å²) in [5.41, 5.74) is 1.07. The van der Waals surface area contributed by atoms with E-state index in [9.17, 15) is 4.79 Å². The van der Waals surface area contributed by atoms with Gasteiger partial charge in [-0.1, -0.05) is 17.7 Å². The fraction of sp³-hybridized carbons (Fsp3) is 0.364. The number of halogens is 1. The van der Waals surface area contributed by atoms with Gasteiger partial charge >= 0.3 is 0 Å². The van der Waals surface area contributed by atoms with E-state index in [1.54, 1.807) is 24.4 Å². The molecular formula is C22H23ClN6O2. The molecule has 1 atom stereocenters. The second-order valence-electron chi connectivity index (χ2n) is 8.05. The summed E-state index contributed by atoms with van der Waals surface area (Å²) in [6.45, 7) is 3.84. The molecule has 8 nitrogen and oxygen atoms in total. The van der Waals surface area contributed by atoms with Crippen molar-refractivity contribution in [2.24, 2.45) is 0 Å². The predicted molar refractivity (Wildman–Crippen MR) is 117 cm³/mol. The van der Waals surface area contributed by atoms with Crippen molar-refractivity contribution in [1.82, 2.24) is 19.5 Å². The Morgan fingerprint density at radius 2 is 2.00 bits per heavy atom. The van der Waals surface area contributed by atoms with E-state index in [1.165, 1.54) is 0 Å². The van der Waals surface area contributed by atoms with Crippen LogP contribution in [0.5, 0.6) is 0 Å². The Balaban J connectivity index is 1.34. The zero-order valence-corrected chi connectivity index (χ0v) is 17.9. The standard InChI is InChI=1S/C22H23ClN6O2/c1-15-12-25-21(26-13-15)28-8-5-22(6-9-28)20-24-7-10-29(20)14-18(31-22)19(30)27-17-4-2-3-16(23)11-17/h2-4,7,10-13,18H,5-6,8-9,14H2,1H3,(H,27,30)/t18-/m0/s1. The smallest absolute Gasteiger partial charge is 0.255 e. The van der Waals surface area contributed by atoms with Gasteiger partial charge in [0, 0.05) is 61.4 Å². The van der Waals surface area contributed by atoms with Crippen LogP contribution in [0.4, 0.5) is 11.6 Å². The number of fused-ring (bicyclic) bond motifs is 2. The fourth-order valence-electron chi connectivity index (χ4n) is 4.28. The highest BCUT2D eigenvalue weighted by Crippen LogP contribution is 2.40. The number of benzene rings is 1. The van der Waals surface area contributed by atoms with E-state index in [4.69, 9.17) is 16.3 Å². The molecule has 5 rings (SSSR count). The maximum absolute atomic E-state index is 13.0. The summed E-state index contributed by atoms with van der Waals surface area (Å²) in [4.78, 5) is 28.6. The van der Waals surface area contributed by atoms with Crippen molar-refractivity contribution in [3.8, 4) is 0 Å². The average Bonchev–Trinajstić information content (AvgIpc) is 3.25. The number of aryl methyl sites for hydroxylation is 1. The summed E-state index contributed by atoms with van der Waals surface area (Å²) in [5.74, 6) is 1.41. The number of hydrogen-bond acceptors (Lipinski definition) is 6. The monoisotopic (exact) mass is 438 g/mol. The van der Waals surface area contributed by atoms with Gasteiger partial charge in [0.25, 0.3) is 5.91 Å². The van der Waals surface area contributed by atoms with E-state index < -0.39 is 11.7 Å². The topological polar surface area (TPSA) is 85.2 Å². The third-order valence-electron chi connectivity index (χ3n) is 5.86. The lowest BCUT2D eigenvalue weighted by atomic mass is 9.88. The molecule has 1 aromatic carbocycles. The molecule has 2 aromatic heterocycles. The van der Waals surface area contributed by atoms with Crippen LogP contribution in [0.3, 0.4) is 0 Å². The average molecular weight is 439 g/mol. The highest BCUT2D eigenvalue weighted by atomic mass is 35.5. The number of amides is 1. The largest absolute Gasteiger partial charge is 0.352 e. The first-order chi connectivity index (χ1) is 15.0. The molecule has 0 radical (unpaired) electrons. The molecule has 1 spiro atoms. The molecule has 1 saturated heterocycles. The quantitative estimate of drug-likeness (QED) is 0.676. The van der Waals surface area contributed by atoms with E-state index in [0.717, 1.165) is 30.4 Å². The summed E-state index contributed by atoms with van der Waals surface area (Å²) < 4.78 is 8.50. The molecule has 1 N–H and O–H groups in total. The van der Waals surface area contributed by atoms with Crippen molar-refractivity contribution in [2.45, 2.75) is 38.0 Å². The van der Waals surface area contributed by atoms with Gasteiger partial charge in [0.15, 0.2) is 6.10 Å². The maximum atomic E-state index is 13.0. The van der Waals surface area contributed by atoms with Gasteiger partial charge in [-0.05, 0) is 30.7 Å². The molecule has 1 amide bonds. The summed E-state index contributed by atoms with van der Waals surface area (Å²) in [6.07, 6.45) is 8.11. The molecule has 2 aliphatic heterocycles. The highest BCUT2D eigenvalue weighted by molar-refractivity contribution is 6.30. The SMILES string of the molecule is Cc1cnc(N2CCC3(CC2)O[C@H](C(=O)Nc2cccc(Cl)c2)Cn2ccnc23)nc1. The minimum atomic E-state index is -0.622. The number of anilines is 2. The number of nitrogens with zero attached hydrogens (tertiary/aromatic N) is 5. The van der Waals surface area contributed by atoms with Gasteiger partial charge in [-0.15, -0.1) is 0 Å². The number of imidazole rings is 1. The van der Waals surface area contributed by atoms with Gasteiger partial charge in [0.1, 0.15) is 11.4 Å². The molecule has 160 valence electrons. The fourth-order valence-corrected chi connectivity index (χ4v) is 4.47. The lowest BCUT2D eigenvalue weighted by Crippen LogP contribution is -2.53. The van der Waals surface area contributed by atoms with Crippen molar-refractivity contribution < 1.29 is 9.53 Å². The van der Waals surface area contributed by atoms with E-state index in [1.807, 2.05) is 36.1 Å². The number of rotatable bonds is 3. The van der Waals surface area contributed by atoms with Crippen LogP contribution in [0.1, 0.15) is 24.2 Å². The Morgan fingerprint density at radius 1 is 1.23 bits per heavy atom. The number of ether oxygens (including phenoxy) is 1. The first-order valence-electron chi connectivity index (χ1n) is 10.3. The second-order valence-corrected chi connectivity index (χ2v) is 8.49. The van der Waals surface area contributed by atoms with Crippen molar-refractivity contribution in [1.29, 1.82) is 0 Å². The van der Waals surface area contributed by atoms with E-state index >= 15 is 0 Å². The predicted octanol–water partition coefficient (Wildman–Crippen LogP) is 3.17. The Labute approximate surface area is 185 Å². The maximum Gasteiger partial charge on any atom is 0.255 e. The zero-order chi connectivity index (χ0) is 21.4. The van der Waals surface area contributed by atoms with Gasteiger partial charge in [0.2, 0.25) is 5.95 Å². The molecule has 0 aliphatic carbocycles. The molecule has 4 heterocycles. The van der Waals surface area contributed by atoms with Crippen LogP contribution < -0.4 is 10.2 Å². The molecule has 0 saturated carbocycles. The summed E-state index contributed by atoms with van der Waals surface area (Å²) in [6, 6.07) is 7.11. The van der Waals surface area contributed by atoms with Crippen LogP contribution >= 0.6 is 11.6 Å². The first-order valence-corrected chi connectivity index (χ1v) is 10.7. The first kappa shape index (κ1) is 20.0. The third-order valence-corrected chi connectivity index (χ3v) is 6.09. The van der Waals surface area contributed by atoms with Crippen LogP contribution in [-0.4, -0.2) is 44.6 Å². The number of carbonyl (C=O) groups is 1. The molecule has 0 bridgehead atoms. The number of carbonyl (C=O) groups excluding carboxylic acids is 1. The highest BCUT2D eigenvalue weighted by Gasteiger charge is 2.47. The van der Waals surface area contributed by atoms with Crippen LogP contribution in [0.15, 0.2) is 49.1 Å². The normalized spacial score (nSPS) is 19.8. The summed E-state index contributed by atoms with van der Waals surface area (Å²) in [7, 11) is 0. The number of nitrogens with one attached hydrogen (secondary N) is 1. The third kappa shape index (κ3) is 3.88. The number of aromatic nitrogens is 4. The van der Waals surface area contributed by atoms with E-state index in [2.05, 4.69) is 25.2 Å².